The number of likely N-dealkylation sites (tertiary alicyclic amines) is 1. The summed E-state index contributed by atoms with van der Waals surface area (Å²) >= 11 is 1.34. The maximum atomic E-state index is 12.5. The second-order valence-electron chi connectivity index (χ2n) is 9.17. The van der Waals surface area contributed by atoms with Crippen LogP contribution in [0.25, 0.3) is 0 Å². The van der Waals surface area contributed by atoms with Gasteiger partial charge < -0.3 is 15.2 Å². The molecule has 1 aliphatic heterocycles. The number of aromatic nitrogens is 3. The van der Waals surface area contributed by atoms with Crippen molar-refractivity contribution in [3.63, 3.8) is 0 Å². The van der Waals surface area contributed by atoms with Crippen LogP contribution in [-0.2, 0) is 22.7 Å². The molecule has 0 radical (unpaired) electrons. The quantitative estimate of drug-likeness (QED) is 0.407. The van der Waals surface area contributed by atoms with E-state index in [1.807, 2.05) is 50.2 Å². The van der Waals surface area contributed by atoms with Crippen molar-refractivity contribution in [1.82, 2.24) is 25.0 Å². The maximum Gasteiger partial charge on any atom is 0.243 e. The number of benzene rings is 2. The van der Waals surface area contributed by atoms with Crippen molar-refractivity contribution in [3.05, 3.63) is 71.0 Å². The fraction of sp³-hybridized carbons (Fsp3) is 0.407. The van der Waals surface area contributed by atoms with Gasteiger partial charge in [0.25, 0.3) is 0 Å². The molecule has 0 saturated carbocycles. The molecule has 4 rings (SSSR count). The van der Waals surface area contributed by atoms with Crippen molar-refractivity contribution < 1.29 is 9.59 Å². The summed E-state index contributed by atoms with van der Waals surface area (Å²) in [4.78, 5) is 27.3. The van der Waals surface area contributed by atoms with Gasteiger partial charge in [-0.3, -0.25) is 14.5 Å². The molecule has 0 atom stereocenters. The highest BCUT2D eigenvalue weighted by molar-refractivity contribution is 7.99. The largest absolute Gasteiger partial charge is 0.346 e. The fourth-order valence-corrected chi connectivity index (χ4v) is 5.01. The van der Waals surface area contributed by atoms with Gasteiger partial charge in [0.15, 0.2) is 5.16 Å². The summed E-state index contributed by atoms with van der Waals surface area (Å²) in [6, 6.07) is 16.0. The highest BCUT2D eigenvalue weighted by atomic mass is 32.2. The zero-order valence-corrected chi connectivity index (χ0v) is 21.8. The lowest BCUT2D eigenvalue weighted by molar-refractivity contribution is -0.122. The van der Waals surface area contributed by atoms with Crippen LogP contribution in [0.2, 0.25) is 0 Å². The topological polar surface area (TPSA) is 92.2 Å². The molecule has 8 nitrogen and oxygen atoms in total. The van der Waals surface area contributed by atoms with E-state index in [1.165, 1.54) is 31.0 Å². The molecule has 0 bridgehead atoms. The molecule has 2 heterocycles. The van der Waals surface area contributed by atoms with Gasteiger partial charge >= 0.3 is 0 Å². The predicted molar refractivity (Wildman–Crippen MR) is 143 cm³/mol. The van der Waals surface area contributed by atoms with Gasteiger partial charge in [0.05, 0.1) is 25.4 Å². The monoisotopic (exact) mass is 506 g/mol. The number of nitrogens with zero attached hydrogens (tertiary/aromatic N) is 4. The van der Waals surface area contributed by atoms with Crippen molar-refractivity contribution in [2.75, 3.05) is 30.7 Å². The highest BCUT2D eigenvalue weighted by Crippen LogP contribution is 2.21. The number of anilines is 1. The summed E-state index contributed by atoms with van der Waals surface area (Å²) in [5.41, 5.74) is 4.05. The molecule has 9 heteroatoms. The first-order chi connectivity index (χ1) is 17.5. The van der Waals surface area contributed by atoms with Crippen LogP contribution in [0.4, 0.5) is 5.69 Å². The van der Waals surface area contributed by atoms with E-state index in [1.54, 1.807) is 0 Å². The van der Waals surface area contributed by atoms with Crippen molar-refractivity contribution >= 4 is 29.3 Å². The van der Waals surface area contributed by atoms with Gasteiger partial charge in [-0.2, -0.15) is 0 Å². The first kappa shape index (κ1) is 25.9. The molecule has 2 aromatic carbocycles. The molecule has 0 spiro atoms. The van der Waals surface area contributed by atoms with Gasteiger partial charge in [0.2, 0.25) is 11.8 Å². The summed E-state index contributed by atoms with van der Waals surface area (Å²) in [5.74, 6) is 0.602. The molecule has 2 amide bonds. The van der Waals surface area contributed by atoms with E-state index in [0.29, 0.717) is 11.7 Å². The molecule has 3 aromatic rings. The summed E-state index contributed by atoms with van der Waals surface area (Å²) in [6.07, 6.45) is 3.71. The number of rotatable bonds is 10. The third-order valence-electron chi connectivity index (χ3n) is 6.45. The smallest absolute Gasteiger partial charge is 0.243 e. The minimum absolute atomic E-state index is 0.0797. The Balaban J connectivity index is 1.34. The lowest BCUT2D eigenvalue weighted by atomic mass is 10.1. The van der Waals surface area contributed by atoms with Crippen LogP contribution in [0.1, 0.15) is 41.8 Å². The number of piperidine rings is 1. The summed E-state index contributed by atoms with van der Waals surface area (Å²) in [5, 5.41) is 15.2. The van der Waals surface area contributed by atoms with E-state index in [2.05, 4.69) is 42.4 Å². The molecule has 0 unspecified atom stereocenters. The minimum Gasteiger partial charge on any atom is -0.346 e. The second kappa shape index (κ2) is 12.7. The van der Waals surface area contributed by atoms with Crippen LogP contribution in [0, 0.1) is 13.8 Å². The van der Waals surface area contributed by atoms with Crippen LogP contribution >= 0.6 is 11.8 Å². The number of hydrogen-bond acceptors (Lipinski definition) is 6. The third-order valence-corrected chi connectivity index (χ3v) is 7.41. The Labute approximate surface area is 216 Å². The first-order valence-electron chi connectivity index (χ1n) is 12.4. The molecule has 1 saturated heterocycles. The van der Waals surface area contributed by atoms with E-state index >= 15 is 0 Å². The molecule has 190 valence electrons. The van der Waals surface area contributed by atoms with E-state index in [0.717, 1.165) is 47.8 Å². The molecule has 2 N–H and O–H groups in total. The van der Waals surface area contributed by atoms with Gasteiger partial charge in [0, 0.05) is 5.69 Å². The van der Waals surface area contributed by atoms with E-state index in [-0.39, 0.29) is 24.1 Å². The van der Waals surface area contributed by atoms with E-state index < -0.39 is 0 Å². The molecule has 1 aliphatic rings. The van der Waals surface area contributed by atoms with Crippen molar-refractivity contribution in [3.8, 4) is 0 Å². The van der Waals surface area contributed by atoms with Crippen molar-refractivity contribution in [2.24, 2.45) is 0 Å². The third kappa shape index (κ3) is 7.18. The van der Waals surface area contributed by atoms with Gasteiger partial charge in [0.1, 0.15) is 5.82 Å². The van der Waals surface area contributed by atoms with Crippen LogP contribution in [-0.4, -0.2) is 56.9 Å². The number of thioether (sulfide) groups is 1. The Bertz CT molecular complexity index is 1170. The van der Waals surface area contributed by atoms with E-state index in [9.17, 15) is 9.59 Å². The molecule has 1 fully saturated rings. The predicted octanol–water partition coefficient (Wildman–Crippen LogP) is 3.78. The van der Waals surface area contributed by atoms with Crippen LogP contribution in [0.5, 0.6) is 0 Å². The van der Waals surface area contributed by atoms with Gasteiger partial charge in [-0.25, -0.2) is 0 Å². The Kier molecular flexibility index (Phi) is 9.13. The number of hydrogen-bond donors (Lipinski definition) is 2. The van der Waals surface area contributed by atoms with Crippen molar-refractivity contribution in [1.29, 1.82) is 0 Å². The minimum atomic E-state index is -0.252. The van der Waals surface area contributed by atoms with Crippen LogP contribution in [0.3, 0.4) is 0 Å². The Hall–Kier alpha value is -3.17. The average molecular weight is 507 g/mol. The lowest BCUT2D eigenvalue weighted by Crippen LogP contribution is -2.34. The number of nitrogens with one attached hydrogen (secondary N) is 2. The Morgan fingerprint density at radius 1 is 0.917 bits per heavy atom. The highest BCUT2D eigenvalue weighted by Gasteiger charge is 2.19. The maximum absolute atomic E-state index is 12.5. The summed E-state index contributed by atoms with van der Waals surface area (Å²) < 4.78 is 2.11. The number of aryl methyl sites for hydroxylation is 1. The first-order valence-corrected chi connectivity index (χ1v) is 13.4. The average Bonchev–Trinajstić information content (AvgIpc) is 3.26. The Morgan fingerprint density at radius 2 is 1.69 bits per heavy atom. The normalized spacial score (nSPS) is 13.9. The molecule has 1 aromatic heterocycles. The lowest BCUT2D eigenvalue weighted by Gasteiger charge is -2.26. The summed E-state index contributed by atoms with van der Waals surface area (Å²) in [6.45, 7) is 7.44. The van der Waals surface area contributed by atoms with E-state index in [4.69, 9.17) is 0 Å². The summed E-state index contributed by atoms with van der Waals surface area (Å²) in [7, 11) is 0. The standard InChI is InChI=1S/C27H34N6O2S/c1-20-10-9-13-23(21(20)2)29-25(34)16-28-26(35)19-36-27-31-30-24(18-32-14-7-4-8-15-32)33(27)17-22-11-5-3-6-12-22/h3,5-6,9-13H,4,7-8,14-19H2,1-2H3,(H,28,35)(H,29,34). The Morgan fingerprint density at radius 3 is 2.47 bits per heavy atom. The van der Waals surface area contributed by atoms with Crippen LogP contribution in [0.15, 0.2) is 53.7 Å². The molecule has 36 heavy (non-hydrogen) atoms. The van der Waals surface area contributed by atoms with Crippen LogP contribution < -0.4 is 10.6 Å². The molecular formula is C27H34N6O2S. The van der Waals surface area contributed by atoms with Gasteiger partial charge in [-0.15, -0.1) is 10.2 Å². The fourth-order valence-electron chi connectivity index (χ4n) is 4.23. The molecular weight excluding hydrogens is 472 g/mol. The van der Waals surface area contributed by atoms with Gasteiger partial charge in [-0.1, -0.05) is 60.6 Å². The van der Waals surface area contributed by atoms with Gasteiger partial charge in [-0.05, 0) is 62.5 Å². The second-order valence-corrected chi connectivity index (χ2v) is 10.1. The zero-order chi connectivity index (χ0) is 25.3. The van der Waals surface area contributed by atoms with Crippen molar-refractivity contribution in [2.45, 2.75) is 51.4 Å². The zero-order valence-electron chi connectivity index (χ0n) is 21.0. The SMILES string of the molecule is Cc1cccc(NC(=O)CNC(=O)CSc2nnc(CN3CCCCC3)n2Cc2ccccc2)c1C. The number of carbonyl (C=O) groups is 2. The molecule has 0 aliphatic carbocycles. The number of carbonyl (C=O) groups excluding carboxylic acids is 2. The number of amides is 2.